The van der Waals surface area contributed by atoms with Crippen LogP contribution in [0.15, 0.2) is 24.4 Å². The normalized spacial score (nSPS) is 17.6. The third-order valence-corrected chi connectivity index (χ3v) is 7.46. The Morgan fingerprint density at radius 2 is 2.00 bits per heavy atom. The Labute approximate surface area is 230 Å². The molecule has 2 atom stereocenters. The average Bonchev–Trinajstić information content (AvgIpc) is 3.45. The third-order valence-electron chi connectivity index (χ3n) is 6.38. The van der Waals surface area contributed by atoms with E-state index < -0.39 is 33.6 Å². The maximum atomic E-state index is 12.1. The second-order valence-corrected chi connectivity index (χ2v) is 12.9. The molecule has 1 aromatic carbocycles. The molecule has 0 spiro atoms. The first kappa shape index (κ1) is 27.7. The van der Waals surface area contributed by atoms with Crippen molar-refractivity contribution in [3.63, 3.8) is 0 Å². The minimum atomic E-state index is -3.79. The van der Waals surface area contributed by atoms with Gasteiger partial charge in [-0.1, -0.05) is 0 Å². The van der Waals surface area contributed by atoms with Crippen LogP contribution in [0.2, 0.25) is 0 Å². The predicted octanol–water partition coefficient (Wildman–Crippen LogP) is 3.25. The molecule has 0 bridgehead atoms. The number of benzene rings is 1. The molecule has 14 heteroatoms. The molecule has 0 amide bonds. The van der Waals surface area contributed by atoms with Gasteiger partial charge in [-0.15, -0.1) is 0 Å². The van der Waals surface area contributed by atoms with E-state index in [1.807, 2.05) is 42.3 Å². The van der Waals surface area contributed by atoms with Gasteiger partial charge in [0.2, 0.25) is 5.79 Å². The van der Waals surface area contributed by atoms with E-state index in [-0.39, 0.29) is 12.0 Å². The minimum absolute atomic E-state index is 0.125. The zero-order valence-electron chi connectivity index (χ0n) is 22.6. The Hall–Kier alpha value is -2.81. The van der Waals surface area contributed by atoms with Crippen molar-refractivity contribution in [3.8, 4) is 34.4 Å². The molecule has 5 rings (SSSR count). The molecule has 3 aromatic rings. The van der Waals surface area contributed by atoms with E-state index in [0.29, 0.717) is 48.4 Å². The number of fused-ring (bicyclic) bond motifs is 3. The van der Waals surface area contributed by atoms with E-state index >= 15 is 0 Å². The van der Waals surface area contributed by atoms with Crippen LogP contribution in [-0.2, 0) is 36.1 Å². The third kappa shape index (κ3) is 6.51. The number of ether oxygens (including phenoxy) is 2. The summed E-state index contributed by atoms with van der Waals surface area (Å²) in [5.41, 5.74) is 1.48. The molecule has 0 radical (unpaired) electrons. The van der Waals surface area contributed by atoms with E-state index in [0.717, 1.165) is 30.5 Å². The van der Waals surface area contributed by atoms with Gasteiger partial charge >= 0.3 is 0 Å². The van der Waals surface area contributed by atoms with Crippen molar-refractivity contribution in [1.82, 2.24) is 24.3 Å². The average molecular weight is 580 g/mol. The van der Waals surface area contributed by atoms with E-state index in [1.54, 1.807) is 12.1 Å². The summed E-state index contributed by atoms with van der Waals surface area (Å²) < 4.78 is 62.6. The summed E-state index contributed by atoms with van der Waals surface area (Å²) in [7, 11) is -3.79. The molecule has 1 aliphatic heterocycles. The molecule has 1 aliphatic carbocycles. The number of aryl methyl sites for hydroxylation is 1. The minimum Gasteiger partial charge on any atom is -0.491 e. The van der Waals surface area contributed by atoms with Crippen molar-refractivity contribution in [3.05, 3.63) is 30.2 Å². The highest BCUT2D eigenvalue weighted by molar-refractivity contribution is 7.86. The fourth-order valence-electron chi connectivity index (χ4n) is 4.59. The summed E-state index contributed by atoms with van der Waals surface area (Å²) >= 11 is -1.74. The first-order valence-corrected chi connectivity index (χ1v) is 16.1. The highest BCUT2D eigenvalue weighted by Gasteiger charge is 2.43. The van der Waals surface area contributed by atoms with Gasteiger partial charge in [0.05, 0.1) is 18.4 Å². The smallest absolute Gasteiger partial charge is 0.264 e. The summed E-state index contributed by atoms with van der Waals surface area (Å²) in [6.07, 6.45) is 6.51. The monoisotopic (exact) mass is 579 g/mol. The van der Waals surface area contributed by atoms with Gasteiger partial charge in [0.1, 0.15) is 42.1 Å². The van der Waals surface area contributed by atoms with Crippen molar-refractivity contribution in [2.75, 3.05) is 25.7 Å². The van der Waals surface area contributed by atoms with Gasteiger partial charge < -0.3 is 14.0 Å². The Morgan fingerprint density at radius 3 is 2.67 bits per heavy atom. The lowest BCUT2D eigenvalue weighted by molar-refractivity contribution is -0.138. The summed E-state index contributed by atoms with van der Waals surface area (Å²) in [4.78, 5) is 9.49. The second kappa shape index (κ2) is 10.6. The molecule has 12 nitrogen and oxygen atoms in total. The maximum absolute atomic E-state index is 12.1. The highest BCUT2D eigenvalue weighted by atomic mass is 32.2. The van der Waals surface area contributed by atoms with Crippen LogP contribution in [0.1, 0.15) is 45.0 Å². The molecular weight excluding hydrogens is 546 g/mol. The van der Waals surface area contributed by atoms with Crippen LogP contribution in [0.4, 0.5) is 0 Å². The summed E-state index contributed by atoms with van der Waals surface area (Å²) in [5.74, 6) is 1.72. The lowest BCUT2D eigenvalue weighted by Gasteiger charge is -2.32. The van der Waals surface area contributed by atoms with Crippen molar-refractivity contribution in [1.29, 1.82) is 0 Å². The fraction of sp³-hybridized carbons (Fsp3) is 0.560. The zero-order valence-corrected chi connectivity index (χ0v) is 24.3. The molecule has 39 heavy (non-hydrogen) atoms. The molecule has 2 aliphatic rings. The van der Waals surface area contributed by atoms with Crippen molar-refractivity contribution >= 4 is 21.2 Å². The fourth-order valence-corrected chi connectivity index (χ4v) is 5.56. The van der Waals surface area contributed by atoms with Crippen LogP contribution in [0.5, 0.6) is 11.5 Å². The molecule has 1 fully saturated rings. The number of hydrogen-bond acceptors (Lipinski definition) is 10. The number of aromatic nitrogens is 5. The van der Waals surface area contributed by atoms with Gasteiger partial charge in [0, 0.05) is 31.0 Å². The predicted molar refractivity (Wildman–Crippen MR) is 144 cm³/mol. The van der Waals surface area contributed by atoms with Gasteiger partial charge in [-0.3, -0.25) is 4.18 Å². The Morgan fingerprint density at radius 1 is 1.23 bits per heavy atom. The Kier molecular flexibility index (Phi) is 7.57. The van der Waals surface area contributed by atoms with E-state index in [9.17, 15) is 12.6 Å². The number of imidazole rings is 1. The van der Waals surface area contributed by atoms with Gasteiger partial charge in [-0.2, -0.15) is 13.5 Å². The summed E-state index contributed by atoms with van der Waals surface area (Å²) in [6, 6.07) is 5.40. The Bertz CT molecular complexity index is 1500. The van der Waals surface area contributed by atoms with Crippen molar-refractivity contribution in [2.24, 2.45) is 5.92 Å². The van der Waals surface area contributed by atoms with Gasteiger partial charge in [0.25, 0.3) is 10.1 Å². The first-order valence-electron chi connectivity index (χ1n) is 12.8. The van der Waals surface area contributed by atoms with Gasteiger partial charge in [0.15, 0.2) is 16.9 Å². The maximum Gasteiger partial charge on any atom is 0.264 e. The van der Waals surface area contributed by atoms with E-state index in [1.165, 1.54) is 6.26 Å². The molecule has 2 aromatic heterocycles. The SMILES string of the molecule is Cc1nc(-c2cn3c(n2)-c2ccc(OC(COS(C)(=O)=O)(CC4CC4)OS(C)=O)cc2OCC3)n(C(C)C)n1. The van der Waals surface area contributed by atoms with Gasteiger partial charge in [-0.25, -0.2) is 23.0 Å². The van der Waals surface area contributed by atoms with Crippen LogP contribution >= 0.6 is 0 Å². The topological polar surface area (TPSA) is 137 Å². The Balaban J connectivity index is 1.48. The first-order chi connectivity index (χ1) is 18.4. The molecule has 0 saturated heterocycles. The molecule has 3 heterocycles. The van der Waals surface area contributed by atoms with Crippen LogP contribution in [0.25, 0.3) is 22.9 Å². The zero-order chi connectivity index (χ0) is 27.9. The van der Waals surface area contributed by atoms with E-state index in [4.69, 9.17) is 22.8 Å². The van der Waals surface area contributed by atoms with Gasteiger partial charge in [-0.05, 0) is 51.7 Å². The van der Waals surface area contributed by atoms with Crippen LogP contribution < -0.4 is 9.47 Å². The molecule has 2 unspecified atom stereocenters. The van der Waals surface area contributed by atoms with Crippen molar-refractivity contribution < 1.29 is 30.5 Å². The molecule has 1 saturated carbocycles. The highest BCUT2D eigenvalue weighted by Crippen LogP contribution is 2.42. The van der Waals surface area contributed by atoms with Crippen LogP contribution in [0, 0.1) is 12.8 Å². The largest absolute Gasteiger partial charge is 0.491 e. The summed E-state index contributed by atoms with van der Waals surface area (Å²) in [5, 5.41) is 4.51. The van der Waals surface area contributed by atoms with Crippen LogP contribution in [-0.4, -0.2) is 68.5 Å². The molecular formula is C25H33N5O7S2. The lowest BCUT2D eigenvalue weighted by atomic mass is 10.1. The lowest BCUT2D eigenvalue weighted by Crippen LogP contribution is -2.45. The molecule has 212 valence electrons. The number of rotatable bonds is 11. The number of hydrogen-bond donors (Lipinski definition) is 0. The van der Waals surface area contributed by atoms with Crippen molar-refractivity contribution in [2.45, 2.75) is 58.4 Å². The standard InChI is InChI=1S/C25H33N5O7S2/c1-16(2)30-24(26-17(3)28-30)21-14-29-10-11-34-22-12-19(8-9-20(22)23(29)27-21)36-25(37-38(4)31,13-18-6-7-18)15-35-39(5,32)33/h8-9,12,14,16,18H,6-7,10-11,13,15H2,1-5H3. The second-order valence-electron chi connectivity index (χ2n) is 10.3. The number of nitrogens with zero attached hydrogens (tertiary/aromatic N) is 5. The van der Waals surface area contributed by atoms with Crippen LogP contribution in [0.3, 0.4) is 0 Å². The summed E-state index contributed by atoms with van der Waals surface area (Å²) in [6.45, 7) is 6.50. The van der Waals surface area contributed by atoms with E-state index in [2.05, 4.69) is 10.1 Å². The quantitative estimate of drug-likeness (QED) is 0.246. The molecule has 0 N–H and O–H groups in total.